The maximum Gasteiger partial charge on any atom is 0.124 e. The summed E-state index contributed by atoms with van der Waals surface area (Å²) in [5, 5.41) is 1.13. The largest absolute Gasteiger partial charge is 0.496 e. The lowest BCUT2D eigenvalue weighted by Gasteiger charge is -2.11. The summed E-state index contributed by atoms with van der Waals surface area (Å²) < 4.78 is 5.09. The van der Waals surface area contributed by atoms with Gasteiger partial charge in [-0.1, -0.05) is 23.2 Å². The highest BCUT2D eigenvalue weighted by Crippen LogP contribution is 2.35. The summed E-state index contributed by atoms with van der Waals surface area (Å²) in [6, 6.07) is 1.72. The molecular weight excluding hydrogens is 230 g/mol. The van der Waals surface area contributed by atoms with Gasteiger partial charge in [0.2, 0.25) is 0 Å². The highest BCUT2D eigenvalue weighted by molar-refractivity contribution is 6.37. The Hall–Kier alpha value is -0.110. The van der Waals surface area contributed by atoms with Gasteiger partial charge in [0.15, 0.2) is 0 Å². The molecule has 13 heavy (non-hydrogen) atoms. The molecule has 0 spiro atoms. The lowest BCUT2D eigenvalue weighted by molar-refractivity contribution is 0.411. The summed E-state index contributed by atoms with van der Waals surface area (Å²) in [6.45, 7) is 1.87. The quantitative estimate of drug-likeness (QED) is 0.708. The van der Waals surface area contributed by atoms with Gasteiger partial charge >= 0.3 is 0 Å². The third kappa shape index (κ3) is 2.04. The zero-order valence-corrected chi connectivity index (χ0v) is 9.59. The van der Waals surface area contributed by atoms with Crippen LogP contribution in [0.5, 0.6) is 5.75 Å². The van der Waals surface area contributed by atoms with Crippen LogP contribution < -0.4 is 4.74 Å². The zero-order valence-electron chi connectivity index (χ0n) is 7.33. The average molecular weight is 240 g/mol. The lowest BCUT2D eigenvalue weighted by Crippen LogP contribution is -1.92. The van der Waals surface area contributed by atoms with Crippen LogP contribution in [0.3, 0.4) is 0 Å². The summed E-state index contributed by atoms with van der Waals surface area (Å²) >= 11 is 17.7. The number of alkyl halides is 1. The number of methoxy groups -OCH3 is 1. The van der Waals surface area contributed by atoms with Crippen LogP contribution in [0.1, 0.15) is 11.1 Å². The summed E-state index contributed by atoms with van der Waals surface area (Å²) in [5.41, 5.74) is 1.62. The summed E-state index contributed by atoms with van der Waals surface area (Å²) in [6.07, 6.45) is 0. The molecule has 0 saturated heterocycles. The molecule has 1 nitrogen and oxygen atoms in total. The molecule has 0 aliphatic carbocycles. The number of benzene rings is 1. The van der Waals surface area contributed by atoms with Crippen molar-refractivity contribution in [2.45, 2.75) is 12.8 Å². The Bertz CT molecular complexity index is 323. The van der Waals surface area contributed by atoms with E-state index < -0.39 is 0 Å². The summed E-state index contributed by atoms with van der Waals surface area (Å²) in [4.78, 5) is 0. The fourth-order valence-electron chi connectivity index (χ4n) is 1.08. The molecule has 4 heteroatoms. The fourth-order valence-corrected chi connectivity index (χ4v) is 2.07. The monoisotopic (exact) mass is 238 g/mol. The van der Waals surface area contributed by atoms with Crippen LogP contribution >= 0.6 is 34.8 Å². The Morgan fingerprint density at radius 1 is 1.38 bits per heavy atom. The van der Waals surface area contributed by atoms with Crippen molar-refractivity contribution in [1.29, 1.82) is 0 Å². The van der Waals surface area contributed by atoms with Crippen molar-refractivity contribution in [3.05, 3.63) is 27.2 Å². The second-order valence-corrected chi connectivity index (χ2v) is 3.66. The number of hydrogen-bond acceptors (Lipinski definition) is 1. The molecule has 0 heterocycles. The summed E-state index contributed by atoms with van der Waals surface area (Å²) in [5.74, 6) is 0.992. The molecule has 0 aliphatic rings. The molecule has 72 valence electrons. The van der Waals surface area contributed by atoms with Gasteiger partial charge in [-0.2, -0.15) is 0 Å². The average Bonchev–Trinajstić information content (AvgIpc) is 2.12. The van der Waals surface area contributed by atoms with Gasteiger partial charge in [-0.25, -0.2) is 0 Å². The van der Waals surface area contributed by atoms with E-state index in [1.807, 2.05) is 6.92 Å². The Balaban J connectivity index is 3.37. The Morgan fingerprint density at radius 2 is 2.00 bits per heavy atom. The second kappa shape index (κ2) is 4.41. The minimum atomic E-state index is 0.308. The zero-order chi connectivity index (χ0) is 10.0. The molecule has 0 bridgehead atoms. The SMILES string of the molecule is COc1cc(Cl)c(CCl)c(Cl)c1C. The van der Waals surface area contributed by atoms with E-state index in [1.165, 1.54) is 0 Å². The predicted molar refractivity (Wildman–Crippen MR) is 57.3 cm³/mol. The first kappa shape index (κ1) is 11.0. The standard InChI is InChI=1S/C9H9Cl3O/c1-5-8(13-2)3-7(11)6(4-10)9(5)12/h3H,4H2,1-2H3. The first-order valence-electron chi connectivity index (χ1n) is 3.69. The van der Waals surface area contributed by atoms with Crippen LogP contribution in [-0.2, 0) is 5.88 Å². The molecule has 0 amide bonds. The molecule has 0 N–H and O–H groups in total. The maximum atomic E-state index is 6.03. The highest BCUT2D eigenvalue weighted by atomic mass is 35.5. The predicted octanol–water partition coefficient (Wildman–Crippen LogP) is 4.05. The molecule has 1 aromatic rings. The molecule has 0 radical (unpaired) electrons. The summed E-state index contributed by atoms with van der Waals surface area (Å²) in [7, 11) is 1.58. The molecule has 1 rings (SSSR count). The normalized spacial score (nSPS) is 10.2. The van der Waals surface area contributed by atoms with Crippen LogP contribution in [0.15, 0.2) is 6.07 Å². The van der Waals surface area contributed by atoms with Crippen LogP contribution in [0.25, 0.3) is 0 Å². The first-order chi connectivity index (χ1) is 6.11. The van der Waals surface area contributed by atoms with Crippen LogP contribution in [0.4, 0.5) is 0 Å². The lowest BCUT2D eigenvalue weighted by atomic mass is 10.1. The van der Waals surface area contributed by atoms with Crippen molar-refractivity contribution in [1.82, 2.24) is 0 Å². The van der Waals surface area contributed by atoms with Crippen molar-refractivity contribution in [3.8, 4) is 5.75 Å². The van der Waals surface area contributed by atoms with Crippen molar-refractivity contribution in [3.63, 3.8) is 0 Å². The van der Waals surface area contributed by atoms with Crippen LogP contribution in [-0.4, -0.2) is 7.11 Å². The molecule has 0 unspecified atom stereocenters. The van der Waals surface area contributed by atoms with Gasteiger partial charge in [-0.05, 0) is 13.0 Å². The van der Waals surface area contributed by atoms with Gasteiger partial charge in [0.25, 0.3) is 0 Å². The number of rotatable bonds is 2. The number of hydrogen-bond donors (Lipinski definition) is 0. The molecular formula is C9H9Cl3O. The molecule has 0 fully saturated rings. The van der Waals surface area contributed by atoms with Crippen LogP contribution in [0, 0.1) is 6.92 Å². The third-order valence-electron chi connectivity index (χ3n) is 1.86. The first-order valence-corrected chi connectivity index (χ1v) is 4.98. The second-order valence-electron chi connectivity index (χ2n) is 2.61. The Kier molecular flexibility index (Phi) is 3.72. The minimum Gasteiger partial charge on any atom is -0.496 e. The Labute approximate surface area is 92.5 Å². The van der Waals surface area contributed by atoms with Gasteiger partial charge in [-0.3, -0.25) is 0 Å². The van der Waals surface area contributed by atoms with Gasteiger partial charge in [0.05, 0.1) is 23.0 Å². The maximum absolute atomic E-state index is 6.03. The molecule has 1 aromatic carbocycles. The topological polar surface area (TPSA) is 9.23 Å². The molecule has 0 saturated carbocycles. The van der Waals surface area contributed by atoms with Gasteiger partial charge in [0, 0.05) is 11.1 Å². The van der Waals surface area contributed by atoms with E-state index in [2.05, 4.69) is 0 Å². The van der Waals surface area contributed by atoms with Gasteiger partial charge in [0.1, 0.15) is 5.75 Å². The van der Waals surface area contributed by atoms with E-state index in [9.17, 15) is 0 Å². The van der Waals surface area contributed by atoms with E-state index >= 15 is 0 Å². The fraction of sp³-hybridized carbons (Fsp3) is 0.333. The van der Waals surface area contributed by atoms with E-state index in [0.29, 0.717) is 21.7 Å². The highest BCUT2D eigenvalue weighted by Gasteiger charge is 2.12. The van der Waals surface area contributed by atoms with Crippen LogP contribution in [0.2, 0.25) is 10.0 Å². The third-order valence-corrected chi connectivity index (χ3v) is 2.98. The number of halogens is 3. The van der Waals surface area contributed by atoms with Gasteiger partial charge < -0.3 is 4.74 Å². The van der Waals surface area contributed by atoms with Crippen molar-refractivity contribution in [2.24, 2.45) is 0 Å². The van der Waals surface area contributed by atoms with E-state index in [0.717, 1.165) is 11.1 Å². The van der Waals surface area contributed by atoms with Gasteiger partial charge in [-0.15, -0.1) is 11.6 Å². The smallest absolute Gasteiger partial charge is 0.124 e. The van der Waals surface area contributed by atoms with E-state index in [4.69, 9.17) is 39.5 Å². The van der Waals surface area contributed by atoms with E-state index in [-0.39, 0.29) is 0 Å². The van der Waals surface area contributed by atoms with Crippen molar-refractivity contribution >= 4 is 34.8 Å². The van der Waals surface area contributed by atoms with E-state index in [1.54, 1.807) is 13.2 Å². The van der Waals surface area contributed by atoms with Crippen molar-refractivity contribution in [2.75, 3.05) is 7.11 Å². The molecule has 0 aromatic heterocycles. The number of ether oxygens (including phenoxy) is 1. The van der Waals surface area contributed by atoms with Crippen molar-refractivity contribution < 1.29 is 4.74 Å². The molecule has 0 aliphatic heterocycles. The molecule has 0 atom stereocenters. The Morgan fingerprint density at radius 3 is 2.46 bits per heavy atom. The minimum absolute atomic E-state index is 0.308.